The number of carboxylic acid groups (broad SMARTS) is 2. The molecule has 124 valence electrons. The predicted molar refractivity (Wildman–Crippen MR) is 80.2 cm³/mol. The van der Waals surface area contributed by atoms with Gasteiger partial charge in [0.15, 0.2) is 0 Å². The van der Waals surface area contributed by atoms with Crippen LogP contribution in [0.3, 0.4) is 0 Å². The van der Waals surface area contributed by atoms with E-state index in [1.54, 1.807) is 0 Å². The van der Waals surface area contributed by atoms with Gasteiger partial charge in [-0.2, -0.15) is 0 Å². The van der Waals surface area contributed by atoms with E-state index in [9.17, 15) is 19.2 Å². The summed E-state index contributed by atoms with van der Waals surface area (Å²) in [5.41, 5.74) is 0. The Hall–Kier alpha value is -1.30. The van der Waals surface area contributed by atoms with Crippen LogP contribution in [-0.2, 0) is 23.9 Å². The average Bonchev–Trinajstić information content (AvgIpc) is 2.33. The molecule has 0 atom stereocenters. The Bertz CT molecular complexity index is 297. The van der Waals surface area contributed by atoms with Crippen LogP contribution in [0.15, 0.2) is 0 Å². The van der Waals surface area contributed by atoms with Crippen molar-refractivity contribution in [3.63, 3.8) is 0 Å². The molecule has 6 N–H and O–H groups in total. The zero-order chi connectivity index (χ0) is 17.3. The monoisotopic (exact) mass is 344 g/mol. The molecule has 0 aromatic heterocycles. The Labute approximate surface area is 131 Å². The van der Waals surface area contributed by atoms with Crippen molar-refractivity contribution < 1.29 is 34.1 Å². The number of ether oxygens (including phenoxy) is 1. The Morgan fingerprint density at radius 3 is 1.19 bits per heavy atom. The van der Waals surface area contributed by atoms with Gasteiger partial charge in [-0.15, -0.1) is 0 Å². The van der Waals surface area contributed by atoms with Crippen LogP contribution in [-0.4, -0.2) is 45.6 Å². The molecular formula is C10H20N2O7S2. The molecule has 0 fully saturated rings. The molecule has 0 aliphatic rings. The van der Waals surface area contributed by atoms with Crippen LogP contribution in [0.2, 0.25) is 0 Å². The van der Waals surface area contributed by atoms with Crippen molar-refractivity contribution >= 4 is 47.8 Å². The molecule has 0 radical (unpaired) electrons. The van der Waals surface area contributed by atoms with Crippen LogP contribution in [0.25, 0.3) is 0 Å². The van der Waals surface area contributed by atoms with E-state index in [0.29, 0.717) is 11.5 Å². The van der Waals surface area contributed by atoms with Crippen LogP contribution in [0.1, 0.15) is 26.7 Å². The second-order valence-corrected chi connectivity index (χ2v) is 4.60. The second-order valence-electron chi connectivity index (χ2n) is 3.11. The number of carbonyl (C=O) groups is 4. The fourth-order valence-electron chi connectivity index (χ4n) is 0.495. The lowest BCUT2D eigenvalue weighted by molar-refractivity contribution is -0.156. The van der Waals surface area contributed by atoms with Crippen molar-refractivity contribution in [2.45, 2.75) is 26.7 Å². The molecule has 0 saturated carbocycles. The van der Waals surface area contributed by atoms with Crippen LogP contribution >= 0.6 is 23.9 Å². The van der Waals surface area contributed by atoms with E-state index in [1.807, 2.05) is 0 Å². The summed E-state index contributed by atoms with van der Waals surface area (Å²) in [6, 6.07) is 0. The summed E-state index contributed by atoms with van der Waals surface area (Å²) in [7, 11) is 0. The van der Waals surface area contributed by atoms with Gasteiger partial charge in [-0.1, -0.05) is 23.9 Å². The van der Waals surface area contributed by atoms with Crippen molar-refractivity contribution in [3.05, 3.63) is 0 Å². The number of esters is 2. The van der Waals surface area contributed by atoms with Crippen molar-refractivity contribution in [1.82, 2.24) is 0 Å². The number of nitrogens with two attached hydrogens (primary N) is 2. The topological polar surface area (TPSA) is 170 Å². The first-order chi connectivity index (χ1) is 9.67. The Kier molecular flexibility index (Phi) is 22.0. The van der Waals surface area contributed by atoms with Gasteiger partial charge in [0.25, 0.3) is 0 Å². The summed E-state index contributed by atoms with van der Waals surface area (Å²) in [5.74, 6) is -1.72. The van der Waals surface area contributed by atoms with Gasteiger partial charge in [0.2, 0.25) is 0 Å². The molecule has 11 heteroatoms. The summed E-state index contributed by atoms with van der Waals surface area (Å²) in [6.07, 6.45) is 0.308. The maximum Gasteiger partial charge on any atom is 0.310 e. The van der Waals surface area contributed by atoms with Crippen molar-refractivity contribution in [3.8, 4) is 0 Å². The maximum absolute atomic E-state index is 9.81. The first kappa shape index (κ1) is 24.7. The molecule has 0 rings (SSSR count). The molecule has 0 unspecified atom stereocenters. The Balaban J connectivity index is -0.000000231. The Morgan fingerprint density at radius 2 is 1.14 bits per heavy atom. The summed E-state index contributed by atoms with van der Waals surface area (Å²) in [5, 5.41) is 25.8. The number of rotatable bonds is 6. The molecule has 0 saturated heterocycles. The number of carboxylic acids is 2. The van der Waals surface area contributed by atoms with Gasteiger partial charge < -0.3 is 14.9 Å². The summed E-state index contributed by atoms with van der Waals surface area (Å²) in [4.78, 5) is 39.0. The minimum Gasteiger partial charge on any atom is -0.481 e. The molecule has 0 aromatic carbocycles. The van der Waals surface area contributed by atoms with E-state index in [-0.39, 0.29) is 12.8 Å². The van der Waals surface area contributed by atoms with E-state index < -0.39 is 23.9 Å². The fraction of sp³-hybridized carbons (Fsp3) is 0.600. The quantitative estimate of drug-likeness (QED) is 0.295. The number of carbonyl (C=O) groups excluding carboxylic acids is 2. The molecular weight excluding hydrogens is 324 g/mol. The smallest absolute Gasteiger partial charge is 0.310 e. The number of hydrogen-bond acceptors (Lipinski definition) is 9. The normalized spacial score (nSPS) is 8.38. The average molecular weight is 344 g/mol. The SMILES string of the molecule is CC(=O)OC(C)=O.NSCCC(=O)O.NSCCC(=O)O. The molecule has 21 heavy (non-hydrogen) atoms. The molecule has 0 amide bonds. The summed E-state index contributed by atoms with van der Waals surface area (Å²) in [6.45, 7) is 2.36. The zero-order valence-corrected chi connectivity index (χ0v) is 13.4. The minimum absolute atomic E-state index is 0.154. The van der Waals surface area contributed by atoms with Gasteiger partial charge >= 0.3 is 23.9 Å². The van der Waals surface area contributed by atoms with Gasteiger partial charge in [-0.05, 0) is 0 Å². The van der Waals surface area contributed by atoms with Crippen LogP contribution in [0.4, 0.5) is 0 Å². The lowest BCUT2D eigenvalue weighted by Crippen LogP contribution is -2.03. The van der Waals surface area contributed by atoms with E-state index in [1.165, 1.54) is 13.8 Å². The van der Waals surface area contributed by atoms with Gasteiger partial charge in [0.05, 0.1) is 12.8 Å². The third kappa shape index (κ3) is 45.6. The minimum atomic E-state index is -0.794. The Morgan fingerprint density at radius 1 is 0.857 bits per heavy atom. The second kappa shape index (κ2) is 18.7. The lowest BCUT2D eigenvalue weighted by Gasteiger charge is -1.87. The van der Waals surface area contributed by atoms with Crippen molar-refractivity contribution in [2.24, 2.45) is 10.3 Å². The molecule has 0 spiro atoms. The molecule has 0 bridgehead atoms. The van der Waals surface area contributed by atoms with E-state index >= 15 is 0 Å². The molecule has 0 aliphatic carbocycles. The summed E-state index contributed by atoms with van der Waals surface area (Å²) < 4.78 is 3.97. The number of hydrogen-bond donors (Lipinski definition) is 4. The van der Waals surface area contributed by atoms with Gasteiger partial charge in [0.1, 0.15) is 0 Å². The number of aliphatic carboxylic acids is 2. The standard InChI is InChI=1S/C4H6O3.2C3H7NO2S/c1-3(5)7-4(2)6;2*4-7-2-1-3(5)6/h1-2H3;2*1-2,4H2,(H,5,6). The molecule has 0 aliphatic heterocycles. The van der Waals surface area contributed by atoms with Gasteiger partial charge in [-0.3, -0.25) is 29.5 Å². The zero-order valence-electron chi connectivity index (χ0n) is 11.7. The highest BCUT2D eigenvalue weighted by molar-refractivity contribution is 7.97. The largest absolute Gasteiger partial charge is 0.481 e. The highest BCUT2D eigenvalue weighted by Crippen LogP contribution is 1.89. The summed E-state index contributed by atoms with van der Waals surface area (Å²) >= 11 is 2.10. The maximum atomic E-state index is 9.81. The van der Waals surface area contributed by atoms with E-state index in [2.05, 4.69) is 4.74 Å². The van der Waals surface area contributed by atoms with Crippen LogP contribution in [0, 0.1) is 0 Å². The van der Waals surface area contributed by atoms with Crippen molar-refractivity contribution in [2.75, 3.05) is 11.5 Å². The molecule has 0 heterocycles. The third-order valence-corrected chi connectivity index (χ3v) is 2.03. The van der Waals surface area contributed by atoms with Crippen LogP contribution in [0.5, 0.6) is 0 Å². The highest BCUT2D eigenvalue weighted by Gasteiger charge is 1.94. The van der Waals surface area contributed by atoms with Gasteiger partial charge in [-0.25, -0.2) is 0 Å². The van der Waals surface area contributed by atoms with Gasteiger partial charge in [0, 0.05) is 25.4 Å². The van der Waals surface area contributed by atoms with E-state index in [0.717, 1.165) is 23.9 Å². The van der Waals surface area contributed by atoms with Crippen LogP contribution < -0.4 is 10.3 Å². The lowest BCUT2D eigenvalue weighted by atomic mass is 10.5. The third-order valence-electron chi connectivity index (χ3n) is 1.16. The first-order valence-electron chi connectivity index (χ1n) is 5.43. The highest BCUT2D eigenvalue weighted by atomic mass is 32.2. The fourth-order valence-corrected chi connectivity index (χ4v) is 1.08. The van der Waals surface area contributed by atoms with Crippen molar-refractivity contribution in [1.29, 1.82) is 0 Å². The molecule has 9 nitrogen and oxygen atoms in total. The predicted octanol–water partition coefficient (Wildman–Crippen LogP) is 0.232. The van der Waals surface area contributed by atoms with E-state index in [4.69, 9.17) is 20.5 Å². The first-order valence-corrected chi connectivity index (χ1v) is 7.53. The molecule has 0 aromatic rings.